The Hall–Kier alpha value is -1.79. The zero-order valence-corrected chi connectivity index (χ0v) is 18.3. The molecule has 0 saturated carbocycles. The molecule has 0 radical (unpaired) electrons. The number of amides is 1. The highest BCUT2D eigenvalue weighted by atomic mass is 35.5. The van der Waals surface area contributed by atoms with Gasteiger partial charge in [-0.25, -0.2) is 0 Å². The second kappa shape index (κ2) is 10.3. The first-order valence-corrected chi connectivity index (χ1v) is 9.87. The van der Waals surface area contributed by atoms with Gasteiger partial charge in [0.2, 0.25) is 5.91 Å². The highest BCUT2D eigenvalue weighted by Crippen LogP contribution is 2.27. The lowest BCUT2D eigenvalue weighted by Gasteiger charge is -2.31. The average molecular weight is 458 g/mol. The quantitative estimate of drug-likeness (QED) is 0.661. The number of piperidine rings is 1. The fraction of sp³-hybridized carbons (Fsp3) is 0.333. The number of nitrogens with zero attached hydrogens (tertiary/aromatic N) is 1. The third-order valence-electron chi connectivity index (χ3n) is 4.91. The van der Waals surface area contributed by atoms with Gasteiger partial charge in [0.25, 0.3) is 0 Å². The van der Waals surface area contributed by atoms with Crippen LogP contribution in [0.3, 0.4) is 0 Å². The maximum absolute atomic E-state index is 12.7. The minimum Gasteiger partial charge on any atom is -0.490 e. The smallest absolute Gasteiger partial charge is 0.219 e. The van der Waals surface area contributed by atoms with E-state index in [1.807, 2.05) is 4.90 Å². The number of carbonyl (C=O) groups excluding carboxylic acids is 2. The molecule has 1 aliphatic rings. The van der Waals surface area contributed by atoms with Gasteiger partial charge in [-0.05, 0) is 42.0 Å². The zero-order chi connectivity index (χ0) is 20.3. The van der Waals surface area contributed by atoms with E-state index in [-0.39, 0.29) is 30.2 Å². The van der Waals surface area contributed by atoms with Gasteiger partial charge < -0.3 is 15.4 Å². The molecule has 1 unspecified atom stereocenters. The van der Waals surface area contributed by atoms with Crippen molar-refractivity contribution in [3.05, 3.63) is 63.6 Å². The van der Waals surface area contributed by atoms with Crippen molar-refractivity contribution in [2.45, 2.75) is 31.9 Å². The van der Waals surface area contributed by atoms with E-state index in [9.17, 15) is 9.59 Å². The summed E-state index contributed by atoms with van der Waals surface area (Å²) in [6.07, 6.45) is 1.65. The summed E-state index contributed by atoms with van der Waals surface area (Å²) in [5.41, 5.74) is 7.21. The van der Waals surface area contributed by atoms with Crippen LogP contribution >= 0.6 is 35.6 Å². The first kappa shape index (κ1) is 23.5. The number of hydrogen-bond donors (Lipinski definition) is 1. The van der Waals surface area contributed by atoms with Crippen molar-refractivity contribution in [1.82, 2.24) is 4.90 Å². The summed E-state index contributed by atoms with van der Waals surface area (Å²) < 4.78 is 5.98. The third-order valence-corrected chi connectivity index (χ3v) is 5.65. The van der Waals surface area contributed by atoms with Crippen molar-refractivity contribution in [3.63, 3.8) is 0 Å². The van der Waals surface area contributed by atoms with Crippen LogP contribution in [0.2, 0.25) is 10.0 Å². The Kier molecular flexibility index (Phi) is 8.34. The van der Waals surface area contributed by atoms with Gasteiger partial charge in [-0.15, -0.1) is 12.4 Å². The summed E-state index contributed by atoms with van der Waals surface area (Å²) in [5, 5.41) is 0.780. The Balaban J connectivity index is 0.00000300. The molecule has 1 fully saturated rings. The zero-order valence-electron chi connectivity index (χ0n) is 15.9. The molecule has 0 bridgehead atoms. The van der Waals surface area contributed by atoms with E-state index in [4.69, 9.17) is 33.7 Å². The number of benzene rings is 2. The lowest BCUT2D eigenvalue weighted by atomic mass is 9.98. The molecular formula is C21H23Cl3N2O3. The minimum absolute atomic E-state index is 0. The van der Waals surface area contributed by atoms with Crippen LogP contribution in [0.4, 0.5) is 0 Å². The van der Waals surface area contributed by atoms with Crippen LogP contribution in [0.1, 0.15) is 41.7 Å². The van der Waals surface area contributed by atoms with Crippen LogP contribution < -0.4 is 10.5 Å². The SMILES string of the molecule is CC(=O)N1CCC(Oc2ccc(C(=O)C(N)c3ccc(Cl)c(Cl)c3)cc2)CC1.Cl. The Labute approximate surface area is 186 Å². The largest absolute Gasteiger partial charge is 0.490 e. The number of hydrogen-bond acceptors (Lipinski definition) is 4. The maximum atomic E-state index is 12.7. The van der Waals surface area contributed by atoms with E-state index in [1.54, 1.807) is 49.4 Å². The highest BCUT2D eigenvalue weighted by Gasteiger charge is 2.22. The molecule has 5 nitrogen and oxygen atoms in total. The summed E-state index contributed by atoms with van der Waals surface area (Å²) in [7, 11) is 0. The van der Waals surface area contributed by atoms with Crippen LogP contribution in [0.25, 0.3) is 0 Å². The minimum atomic E-state index is -0.822. The second-order valence-corrected chi connectivity index (χ2v) is 7.68. The fourth-order valence-electron chi connectivity index (χ4n) is 3.22. The molecule has 0 aliphatic carbocycles. The lowest BCUT2D eigenvalue weighted by molar-refractivity contribution is -0.130. The number of likely N-dealkylation sites (tertiary alicyclic amines) is 1. The summed E-state index contributed by atoms with van der Waals surface area (Å²) in [6.45, 7) is 2.99. The Morgan fingerprint density at radius 3 is 2.24 bits per heavy atom. The number of nitrogens with two attached hydrogens (primary N) is 1. The highest BCUT2D eigenvalue weighted by molar-refractivity contribution is 6.42. The number of ketones is 1. The molecule has 1 heterocycles. The van der Waals surface area contributed by atoms with Gasteiger partial charge in [0.1, 0.15) is 11.9 Å². The van der Waals surface area contributed by atoms with Crippen LogP contribution in [-0.2, 0) is 4.79 Å². The summed E-state index contributed by atoms with van der Waals surface area (Å²) in [5.74, 6) is 0.584. The van der Waals surface area contributed by atoms with Gasteiger partial charge in [0, 0.05) is 38.4 Å². The molecular weight excluding hydrogens is 435 g/mol. The van der Waals surface area contributed by atoms with E-state index in [0.717, 1.165) is 12.8 Å². The molecule has 1 saturated heterocycles. The van der Waals surface area contributed by atoms with Crippen molar-refractivity contribution in [2.24, 2.45) is 5.73 Å². The monoisotopic (exact) mass is 456 g/mol. The van der Waals surface area contributed by atoms with Crippen LogP contribution in [0, 0.1) is 0 Å². The number of Topliss-reactive ketones (excluding diaryl/α,β-unsaturated/α-hetero) is 1. The summed E-state index contributed by atoms with van der Waals surface area (Å²) in [4.78, 5) is 25.9. The van der Waals surface area contributed by atoms with E-state index in [1.165, 1.54) is 0 Å². The molecule has 156 valence electrons. The Bertz CT molecular complexity index is 866. The predicted octanol–water partition coefficient (Wildman–Crippen LogP) is 4.69. The fourth-order valence-corrected chi connectivity index (χ4v) is 3.52. The van der Waals surface area contributed by atoms with E-state index in [2.05, 4.69) is 0 Å². The van der Waals surface area contributed by atoms with Gasteiger partial charge in [-0.2, -0.15) is 0 Å². The van der Waals surface area contributed by atoms with Crippen molar-refractivity contribution >= 4 is 47.3 Å². The third kappa shape index (κ3) is 5.86. The van der Waals surface area contributed by atoms with Gasteiger partial charge in [0.05, 0.1) is 16.1 Å². The average Bonchev–Trinajstić information content (AvgIpc) is 2.70. The molecule has 2 aromatic carbocycles. The molecule has 3 rings (SSSR count). The van der Waals surface area contributed by atoms with Gasteiger partial charge in [-0.1, -0.05) is 29.3 Å². The number of rotatable bonds is 5. The Morgan fingerprint density at radius 1 is 1.07 bits per heavy atom. The van der Waals surface area contributed by atoms with Crippen molar-refractivity contribution in [1.29, 1.82) is 0 Å². The van der Waals surface area contributed by atoms with E-state index < -0.39 is 6.04 Å². The van der Waals surface area contributed by atoms with Crippen molar-refractivity contribution < 1.29 is 14.3 Å². The van der Waals surface area contributed by atoms with Crippen molar-refractivity contribution in [3.8, 4) is 5.75 Å². The van der Waals surface area contributed by atoms with Gasteiger partial charge in [-0.3, -0.25) is 9.59 Å². The number of halogens is 3. The molecule has 0 aromatic heterocycles. The molecule has 1 aliphatic heterocycles. The van der Waals surface area contributed by atoms with Crippen LogP contribution in [-0.4, -0.2) is 35.8 Å². The molecule has 1 atom stereocenters. The first-order valence-electron chi connectivity index (χ1n) is 9.12. The number of ether oxygens (including phenoxy) is 1. The molecule has 2 N–H and O–H groups in total. The standard InChI is InChI=1S/C21H22Cl2N2O3.ClH/c1-13(26)25-10-8-17(9-11-25)28-16-5-2-14(3-6-16)21(27)20(24)15-4-7-18(22)19(23)12-15;/h2-7,12,17,20H,8-11,24H2,1H3;1H. The maximum Gasteiger partial charge on any atom is 0.219 e. The van der Waals surface area contributed by atoms with Gasteiger partial charge >= 0.3 is 0 Å². The number of carbonyl (C=O) groups is 2. The molecule has 8 heteroatoms. The molecule has 0 spiro atoms. The van der Waals surface area contributed by atoms with Crippen molar-refractivity contribution in [2.75, 3.05) is 13.1 Å². The van der Waals surface area contributed by atoms with Gasteiger partial charge in [0.15, 0.2) is 5.78 Å². The lowest BCUT2D eigenvalue weighted by Crippen LogP contribution is -2.40. The summed E-state index contributed by atoms with van der Waals surface area (Å²) in [6, 6.07) is 11.1. The normalized spacial score (nSPS) is 15.4. The van der Waals surface area contributed by atoms with E-state index >= 15 is 0 Å². The molecule has 1 amide bonds. The topological polar surface area (TPSA) is 72.6 Å². The molecule has 2 aromatic rings. The van der Waals surface area contributed by atoms with Crippen LogP contribution in [0.15, 0.2) is 42.5 Å². The Morgan fingerprint density at radius 2 is 1.69 bits per heavy atom. The predicted molar refractivity (Wildman–Crippen MR) is 117 cm³/mol. The van der Waals surface area contributed by atoms with E-state index in [0.29, 0.717) is 40.0 Å². The van der Waals surface area contributed by atoms with Crippen LogP contribution in [0.5, 0.6) is 5.75 Å². The molecule has 29 heavy (non-hydrogen) atoms. The summed E-state index contributed by atoms with van der Waals surface area (Å²) >= 11 is 11.9. The first-order chi connectivity index (χ1) is 13.3. The second-order valence-electron chi connectivity index (χ2n) is 6.86.